The second-order valence-corrected chi connectivity index (χ2v) is 6.89. The first-order valence-electron chi connectivity index (χ1n) is 9.37. The minimum Gasteiger partial charge on any atom is -0.343 e. The lowest BCUT2D eigenvalue weighted by Gasteiger charge is -2.31. The summed E-state index contributed by atoms with van der Waals surface area (Å²) in [6.45, 7) is 5.12. The van der Waals surface area contributed by atoms with Crippen molar-refractivity contribution in [3.05, 3.63) is 35.9 Å². The molecule has 0 atom stereocenters. The first-order chi connectivity index (χ1) is 12.1. The molecule has 0 saturated carbocycles. The molecule has 1 aromatic rings. The van der Waals surface area contributed by atoms with Crippen LogP contribution in [0.3, 0.4) is 0 Å². The largest absolute Gasteiger partial charge is 0.343 e. The van der Waals surface area contributed by atoms with E-state index in [0.29, 0.717) is 25.4 Å². The molecule has 0 aromatic heterocycles. The van der Waals surface area contributed by atoms with Crippen LogP contribution in [0.1, 0.15) is 38.2 Å². The van der Waals surface area contributed by atoms with E-state index in [-0.39, 0.29) is 11.8 Å². The van der Waals surface area contributed by atoms with Gasteiger partial charge >= 0.3 is 0 Å². The zero-order valence-electron chi connectivity index (χ0n) is 15.3. The van der Waals surface area contributed by atoms with Crippen molar-refractivity contribution in [3.63, 3.8) is 0 Å². The molecule has 0 radical (unpaired) electrons. The molecule has 1 aliphatic rings. The van der Waals surface area contributed by atoms with Gasteiger partial charge in [-0.2, -0.15) is 0 Å². The van der Waals surface area contributed by atoms with E-state index in [1.807, 2.05) is 28.0 Å². The Balaban J connectivity index is 1.75. The van der Waals surface area contributed by atoms with Gasteiger partial charge in [-0.15, -0.1) is 0 Å². The third-order valence-electron chi connectivity index (χ3n) is 5.09. The number of benzene rings is 1. The van der Waals surface area contributed by atoms with E-state index in [1.165, 1.54) is 5.56 Å². The Morgan fingerprint density at radius 3 is 2.44 bits per heavy atom. The molecule has 2 amide bonds. The quantitative estimate of drug-likeness (QED) is 0.784. The molecule has 1 saturated heterocycles. The van der Waals surface area contributed by atoms with Crippen LogP contribution in [0.2, 0.25) is 0 Å². The molecule has 25 heavy (non-hydrogen) atoms. The molecule has 2 N–H and O–H groups in total. The highest BCUT2D eigenvalue weighted by Gasteiger charge is 2.22. The normalized spacial score (nSPS) is 15.2. The fourth-order valence-electron chi connectivity index (χ4n) is 3.45. The highest BCUT2D eigenvalue weighted by molar-refractivity contribution is 5.76. The average molecular weight is 345 g/mol. The molecule has 1 fully saturated rings. The lowest BCUT2D eigenvalue weighted by atomic mass is 9.92. The second-order valence-electron chi connectivity index (χ2n) is 6.89. The van der Waals surface area contributed by atoms with E-state index in [1.54, 1.807) is 6.92 Å². The summed E-state index contributed by atoms with van der Waals surface area (Å²) in [7, 11) is 0. The zero-order valence-corrected chi connectivity index (χ0v) is 15.3. The maximum absolute atomic E-state index is 12.6. The fourth-order valence-corrected chi connectivity index (χ4v) is 3.45. The molecule has 1 aromatic carbocycles. The highest BCUT2D eigenvalue weighted by atomic mass is 16.2. The maximum Gasteiger partial charge on any atom is 0.222 e. The van der Waals surface area contributed by atoms with Gasteiger partial charge in [0.1, 0.15) is 0 Å². The van der Waals surface area contributed by atoms with Crippen molar-refractivity contribution in [1.29, 1.82) is 0 Å². The Kier molecular flexibility index (Phi) is 7.92. The van der Waals surface area contributed by atoms with E-state index in [2.05, 4.69) is 12.1 Å². The van der Waals surface area contributed by atoms with Gasteiger partial charge in [0.2, 0.25) is 11.8 Å². The number of amides is 2. The Morgan fingerprint density at radius 2 is 1.84 bits per heavy atom. The molecule has 0 bridgehead atoms. The van der Waals surface area contributed by atoms with E-state index in [4.69, 9.17) is 5.73 Å². The predicted molar refractivity (Wildman–Crippen MR) is 100.0 cm³/mol. The molecule has 138 valence electrons. The van der Waals surface area contributed by atoms with Crippen molar-refractivity contribution in [2.45, 2.75) is 39.0 Å². The van der Waals surface area contributed by atoms with Crippen molar-refractivity contribution < 1.29 is 9.59 Å². The van der Waals surface area contributed by atoms with Gasteiger partial charge < -0.3 is 15.5 Å². The molecular formula is C20H31N3O2. The van der Waals surface area contributed by atoms with E-state index in [0.717, 1.165) is 45.3 Å². The molecule has 0 unspecified atom stereocenters. The van der Waals surface area contributed by atoms with Gasteiger partial charge in [-0.1, -0.05) is 30.3 Å². The number of likely N-dealkylation sites (tertiary alicyclic amines) is 1. The first-order valence-corrected chi connectivity index (χ1v) is 9.37. The Bertz CT molecular complexity index is 539. The van der Waals surface area contributed by atoms with Crippen molar-refractivity contribution in [3.8, 4) is 0 Å². The third-order valence-corrected chi connectivity index (χ3v) is 5.09. The average Bonchev–Trinajstić information content (AvgIpc) is 2.64. The standard InChI is InChI=1S/C20H31N3O2/c1-17(24)22-13-9-19(10-14-22)7-8-20(25)23(16-12-21)15-11-18-5-3-2-4-6-18/h2-6,19H,7-16,21H2,1H3. The van der Waals surface area contributed by atoms with Crippen LogP contribution in [0.25, 0.3) is 0 Å². The Labute approximate surface area is 151 Å². The first kappa shape index (κ1) is 19.4. The summed E-state index contributed by atoms with van der Waals surface area (Å²) >= 11 is 0. The molecule has 0 spiro atoms. The van der Waals surface area contributed by atoms with Crippen LogP contribution in [0, 0.1) is 5.92 Å². The van der Waals surface area contributed by atoms with Gasteiger partial charge in [0, 0.05) is 46.1 Å². The van der Waals surface area contributed by atoms with E-state index < -0.39 is 0 Å². The summed E-state index contributed by atoms with van der Waals surface area (Å²) < 4.78 is 0. The maximum atomic E-state index is 12.6. The lowest BCUT2D eigenvalue weighted by Crippen LogP contribution is -2.38. The molecule has 1 aliphatic heterocycles. The SMILES string of the molecule is CC(=O)N1CCC(CCC(=O)N(CCN)CCc2ccccc2)CC1. The molecule has 0 aliphatic carbocycles. The molecular weight excluding hydrogens is 314 g/mol. The Morgan fingerprint density at radius 1 is 1.16 bits per heavy atom. The van der Waals surface area contributed by atoms with Crippen LogP contribution in [0.5, 0.6) is 0 Å². The minimum absolute atomic E-state index is 0.157. The van der Waals surface area contributed by atoms with Crippen LogP contribution < -0.4 is 5.73 Å². The molecule has 5 heteroatoms. The van der Waals surface area contributed by atoms with E-state index >= 15 is 0 Å². The third kappa shape index (κ3) is 6.50. The topological polar surface area (TPSA) is 66.6 Å². The predicted octanol–water partition coefficient (Wildman–Crippen LogP) is 2.06. The smallest absolute Gasteiger partial charge is 0.222 e. The summed E-state index contributed by atoms with van der Waals surface area (Å²) in [6.07, 6.45) is 4.38. The monoisotopic (exact) mass is 345 g/mol. The summed E-state index contributed by atoms with van der Waals surface area (Å²) in [5.41, 5.74) is 6.93. The van der Waals surface area contributed by atoms with Crippen LogP contribution in [-0.4, -0.2) is 54.3 Å². The number of piperidine rings is 1. The second kappa shape index (κ2) is 10.2. The number of nitrogens with zero attached hydrogens (tertiary/aromatic N) is 2. The summed E-state index contributed by atoms with van der Waals surface area (Å²) in [6, 6.07) is 10.2. The van der Waals surface area contributed by atoms with E-state index in [9.17, 15) is 9.59 Å². The number of hydrogen-bond donors (Lipinski definition) is 1. The minimum atomic E-state index is 0.157. The number of carbonyl (C=O) groups excluding carboxylic acids is 2. The van der Waals surface area contributed by atoms with Gasteiger partial charge in [-0.25, -0.2) is 0 Å². The van der Waals surface area contributed by atoms with Crippen LogP contribution in [0.4, 0.5) is 0 Å². The van der Waals surface area contributed by atoms with Crippen LogP contribution >= 0.6 is 0 Å². The zero-order chi connectivity index (χ0) is 18.1. The number of hydrogen-bond acceptors (Lipinski definition) is 3. The van der Waals surface area contributed by atoms with Crippen molar-refractivity contribution in [2.24, 2.45) is 11.7 Å². The molecule has 1 heterocycles. The number of carbonyl (C=O) groups is 2. The van der Waals surface area contributed by atoms with Crippen molar-refractivity contribution in [1.82, 2.24) is 9.80 Å². The number of rotatable bonds is 8. The van der Waals surface area contributed by atoms with Crippen LogP contribution in [-0.2, 0) is 16.0 Å². The summed E-state index contributed by atoms with van der Waals surface area (Å²) in [4.78, 5) is 27.8. The Hall–Kier alpha value is -1.88. The van der Waals surface area contributed by atoms with Gasteiger partial charge in [0.15, 0.2) is 0 Å². The van der Waals surface area contributed by atoms with Gasteiger partial charge in [-0.3, -0.25) is 9.59 Å². The molecule has 2 rings (SSSR count). The van der Waals surface area contributed by atoms with Crippen molar-refractivity contribution in [2.75, 3.05) is 32.7 Å². The van der Waals surface area contributed by atoms with Gasteiger partial charge in [0.05, 0.1) is 0 Å². The molecule has 5 nitrogen and oxygen atoms in total. The highest BCUT2D eigenvalue weighted by Crippen LogP contribution is 2.22. The summed E-state index contributed by atoms with van der Waals surface area (Å²) in [5, 5.41) is 0. The number of nitrogens with two attached hydrogens (primary N) is 1. The lowest BCUT2D eigenvalue weighted by molar-refractivity contribution is -0.132. The summed E-state index contributed by atoms with van der Waals surface area (Å²) in [5.74, 6) is 0.910. The van der Waals surface area contributed by atoms with Gasteiger partial charge in [-0.05, 0) is 37.2 Å². The van der Waals surface area contributed by atoms with Crippen molar-refractivity contribution >= 4 is 11.8 Å². The van der Waals surface area contributed by atoms with Gasteiger partial charge in [0.25, 0.3) is 0 Å². The van der Waals surface area contributed by atoms with Crippen LogP contribution in [0.15, 0.2) is 30.3 Å². The fraction of sp³-hybridized carbons (Fsp3) is 0.600.